The fourth-order valence-electron chi connectivity index (χ4n) is 10.3. The lowest BCUT2D eigenvalue weighted by molar-refractivity contribution is -0.152. The molecule has 0 aromatic heterocycles. The summed E-state index contributed by atoms with van der Waals surface area (Å²) in [6, 6.07) is -10.5. The van der Waals surface area contributed by atoms with Gasteiger partial charge in [-0.05, 0) is 109 Å². The second-order valence-electron chi connectivity index (χ2n) is 27.0. The van der Waals surface area contributed by atoms with Gasteiger partial charge in [0, 0.05) is 43.2 Å². The van der Waals surface area contributed by atoms with Gasteiger partial charge in [-0.2, -0.15) is 24.4 Å². The number of hydrogen-bond donors (Lipinski definition) is 20. The summed E-state index contributed by atoms with van der Waals surface area (Å²) < 4.78 is 5.21. The number of benzene rings is 1. The number of rotatable bonds is 48. The molecule has 37 nitrogen and oxygen atoms in total. The molecule has 1 aliphatic rings. The number of aliphatic hydroxyl groups excluding tert-OH is 2. The van der Waals surface area contributed by atoms with E-state index >= 15 is 0 Å². The Labute approximate surface area is 619 Å². The highest BCUT2D eigenvalue weighted by Crippen LogP contribution is 2.22. The number of nitrogens with one attached hydrogen (secondary N) is 10. The van der Waals surface area contributed by atoms with Crippen LogP contribution >= 0.6 is 24.4 Å². The average molecular weight is 1530 g/mol. The van der Waals surface area contributed by atoms with Crippen molar-refractivity contribution in [2.24, 2.45) is 45.2 Å². The van der Waals surface area contributed by atoms with E-state index in [-0.39, 0.29) is 101 Å². The van der Waals surface area contributed by atoms with Crippen molar-refractivity contribution < 1.29 is 102 Å². The number of guanidine groups is 1. The van der Waals surface area contributed by atoms with E-state index in [9.17, 15) is 97.5 Å². The van der Waals surface area contributed by atoms with E-state index in [0.29, 0.717) is 12.0 Å². The molecule has 590 valence electrons. The number of nitrogens with two attached hydrogens (primary N) is 4. The van der Waals surface area contributed by atoms with Crippen molar-refractivity contribution >= 4 is 119 Å². The van der Waals surface area contributed by atoms with Gasteiger partial charge in [0.25, 0.3) is 0 Å². The fourth-order valence-corrected chi connectivity index (χ4v) is 11.4. The quantitative estimate of drug-likeness (QED) is 0.00959. The maximum absolute atomic E-state index is 14.7. The molecular weight excluding hydrogens is 1420 g/mol. The zero-order valence-corrected chi connectivity index (χ0v) is 62.2. The van der Waals surface area contributed by atoms with E-state index in [0.717, 1.165) is 23.6 Å². The number of thioether (sulfide) groups is 1. The van der Waals surface area contributed by atoms with Crippen LogP contribution < -0.4 is 76.1 Å². The van der Waals surface area contributed by atoms with Crippen molar-refractivity contribution in [2.45, 2.75) is 211 Å². The number of carboxylic acid groups (broad SMARTS) is 3. The normalized spacial score (nSPS) is 16.2. The van der Waals surface area contributed by atoms with Crippen LogP contribution in [0.4, 0.5) is 0 Å². The average Bonchev–Trinajstić information content (AvgIpc) is 1.75. The molecule has 39 heteroatoms. The number of unbranched alkanes of at least 4 members (excludes halogenated alkanes) is 1. The second kappa shape index (κ2) is 46.8. The Bertz CT molecular complexity index is 3140. The highest BCUT2D eigenvalue weighted by Gasteiger charge is 2.42. The van der Waals surface area contributed by atoms with Crippen LogP contribution in [-0.4, -0.2) is 254 Å². The minimum absolute atomic E-state index is 0.0119. The zero-order chi connectivity index (χ0) is 79.4. The summed E-state index contributed by atoms with van der Waals surface area (Å²) in [5, 5.41) is 75.1. The van der Waals surface area contributed by atoms with Gasteiger partial charge in [0.2, 0.25) is 65.0 Å². The highest BCUT2D eigenvalue weighted by molar-refractivity contribution is 7.99. The number of likely N-dealkylation sites (tertiary alicyclic amines) is 1. The molecule has 0 aliphatic carbocycles. The number of amides is 11. The van der Waals surface area contributed by atoms with Gasteiger partial charge in [-0.3, -0.25) is 72.1 Å². The second-order valence-corrected chi connectivity index (χ2v) is 28.5. The van der Waals surface area contributed by atoms with Crippen LogP contribution in [0.25, 0.3) is 0 Å². The maximum atomic E-state index is 14.7. The molecule has 0 spiro atoms. The summed E-state index contributed by atoms with van der Waals surface area (Å²) >= 11 is 5.26. The minimum atomic E-state index is -1.90. The monoisotopic (exact) mass is 1520 g/mol. The lowest BCUT2D eigenvalue weighted by Crippen LogP contribution is -2.62. The highest BCUT2D eigenvalue weighted by atomic mass is 32.2. The summed E-state index contributed by atoms with van der Waals surface area (Å²) in [6.45, 7) is 11.6. The van der Waals surface area contributed by atoms with E-state index in [4.69, 9.17) is 27.7 Å². The van der Waals surface area contributed by atoms with Gasteiger partial charge in [0.05, 0.1) is 30.6 Å². The molecular formula is C66H108N16O21S2. The molecule has 2 rings (SSSR count). The van der Waals surface area contributed by atoms with E-state index < -0.39 is 210 Å². The van der Waals surface area contributed by atoms with Crippen LogP contribution in [0, 0.1) is 17.3 Å². The van der Waals surface area contributed by atoms with E-state index in [1.807, 2.05) is 0 Å². The lowest BCUT2D eigenvalue weighted by atomic mass is 9.97. The molecule has 0 unspecified atom stereocenters. The van der Waals surface area contributed by atoms with Gasteiger partial charge in [0.15, 0.2) is 5.96 Å². The Morgan fingerprint density at radius 3 is 1.70 bits per heavy atom. The number of nitrogens with zero attached hydrogens (tertiary/aromatic N) is 2. The zero-order valence-electron chi connectivity index (χ0n) is 60.5. The lowest BCUT2D eigenvalue weighted by Gasteiger charge is -2.31. The van der Waals surface area contributed by atoms with Gasteiger partial charge >= 0.3 is 23.9 Å². The molecule has 1 saturated heterocycles. The third kappa shape index (κ3) is 33.8. The first-order chi connectivity index (χ1) is 49.3. The molecule has 105 heavy (non-hydrogen) atoms. The Hall–Kier alpha value is -8.92. The number of thiol groups is 1. The van der Waals surface area contributed by atoms with Crippen LogP contribution in [0.5, 0.6) is 0 Å². The van der Waals surface area contributed by atoms with E-state index in [1.54, 1.807) is 78.8 Å². The summed E-state index contributed by atoms with van der Waals surface area (Å²) in [6.07, 6.45) is -3.86. The Balaban J connectivity index is 2.44. The molecule has 1 aromatic carbocycles. The predicted octanol–water partition coefficient (Wildman–Crippen LogP) is -4.67. The fraction of sp³-hybridized carbons (Fsp3) is 0.667. The van der Waals surface area contributed by atoms with Gasteiger partial charge in [-0.15, -0.1) is 0 Å². The van der Waals surface area contributed by atoms with Crippen molar-refractivity contribution in [2.75, 3.05) is 50.1 Å². The molecule has 13 atom stereocenters. The van der Waals surface area contributed by atoms with Crippen molar-refractivity contribution in [3.63, 3.8) is 0 Å². The molecule has 1 aliphatic heterocycles. The van der Waals surface area contributed by atoms with Crippen LogP contribution in [0.1, 0.15) is 132 Å². The predicted molar refractivity (Wildman–Crippen MR) is 386 cm³/mol. The molecule has 1 fully saturated rings. The van der Waals surface area contributed by atoms with Crippen molar-refractivity contribution in [1.82, 2.24) is 58.1 Å². The number of ether oxygens (including phenoxy) is 1. The van der Waals surface area contributed by atoms with Crippen LogP contribution in [-0.2, 0) is 83.1 Å². The number of carbonyl (C=O) groups excluding carboxylic acids is 12. The molecule has 0 radical (unpaired) electrons. The summed E-state index contributed by atoms with van der Waals surface area (Å²) in [7, 11) is 0. The molecule has 0 saturated carbocycles. The number of aliphatic hydroxyl groups is 2. The van der Waals surface area contributed by atoms with E-state index in [1.165, 1.54) is 0 Å². The first-order valence-electron chi connectivity index (χ1n) is 34.5. The summed E-state index contributed by atoms with van der Waals surface area (Å²) in [5.74, 6) is -17.5. The number of carbonyl (C=O) groups is 15. The standard InChI is InChI=1S/C66H108N16O21S2/c1-34(2)28-41(75-55(92)42(29-37-16-10-9-11-17-37)76-58(95)45(32-104)79-56(93)43(30-49(87)88)77-60(97)50(68)35(3)4)54(91)78-44(31-83)57(94)74-40(19-14-24-71-65(69)70)62(99)82-25-15-20-47(82)59(96)81-51(36(5)84)61(98)73-39(21-22-48(85)86)53(90)72-38(18-12-13-23-67)52(89)80-46(63(100)101)33-105-27-26-103-64(102)66(6,7)8/h9-11,16-17,34-36,38-47,50-51,83-84,104H,12-15,18-33,67-68H2,1-8H3,(H,72,90)(H,73,98)(H,74,94)(H,75,92)(H,76,95)(H,77,97)(H,78,91)(H,79,93)(H,80,89)(H,81,96)(H,85,86)(H,87,88)(H,100,101)(H4,69,70,71)/t36-,38+,39+,40+,41+,42+,43+,44+,45+,46+,47+,50+,51+/m1/s1. The largest absolute Gasteiger partial charge is 0.481 e. The topological polar surface area (TPSA) is 606 Å². The van der Waals surface area contributed by atoms with Gasteiger partial charge in [-0.1, -0.05) is 58.0 Å². The summed E-state index contributed by atoms with van der Waals surface area (Å²) in [4.78, 5) is 207. The summed E-state index contributed by atoms with van der Waals surface area (Å²) in [5.41, 5.74) is 22.4. The molecule has 11 amide bonds. The first kappa shape index (κ1) is 92.2. The Morgan fingerprint density at radius 2 is 1.15 bits per heavy atom. The Kier molecular flexibility index (Phi) is 41.1. The first-order valence-corrected chi connectivity index (χ1v) is 36.3. The third-order valence-electron chi connectivity index (χ3n) is 16.2. The number of carboxylic acids is 3. The van der Waals surface area contributed by atoms with Crippen molar-refractivity contribution in [3.05, 3.63) is 35.9 Å². The van der Waals surface area contributed by atoms with Gasteiger partial charge in [-0.25, -0.2) is 4.79 Å². The van der Waals surface area contributed by atoms with Crippen molar-refractivity contribution in [1.29, 1.82) is 0 Å². The number of hydrogen-bond acceptors (Lipinski definition) is 23. The van der Waals surface area contributed by atoms with Crippen molar-refractivity contribution in [3.8, 4) is 0 Å². The molecule has 1 aromatic rings. The van der Waals surface area contributed by atoms with Crippen LogP contribution in [0.2, 0.25) is 0 Å². The van der Waals surface area contributed by atoms with Crippen LogP contribution in [0.3, 0.4) is 0 Å². The van der Waals surface area contributed by atoms with E-state index in [2.05, 4.69) is 70.8 Å². The number of esters is 1. The smallest absolute Gasteiger partial charge is 0.327 e. The number of aliphatic imine (C=N–C) groups is 1. The van der Waals surface area contributed by atoms with Gasteiger partial charge in [0.1, 0.15) is 73.1 Å². The molecule has 23 N–H and O–H groups in total. The number of aliphatic carboxylic acids is 3. The molecule has 1 heterocycles. The SMILES string of the molecule is CC(C)C[C@H](NC(=O)[C@H](Cc1ccccc1)NC(=O)[C@H](CS)NC(=O)[C@H](CC(=O)O)NC(=O)[C@@H](N)C(C)C)C(=O)N[C@@H](CO)C(=O)N[C@@H](CCCN=C(N)N)C(=O)N1CCC[C@H]1C(=O)N[C@H](C(=O)N[C@@H](CCC(=O)O)C(=O)N[C@@H](CCCCN)C(=O)N[C@@H](CSCCOC(=O)C(C)(C)C)C(=O)O)[C@@H](C)O. The Morgan fingerprint density at radius 1 is 0.638 bits per heavy atom. The van der Waals surface area contributed by atoms with Gasteiger partial charge < -0.3 is 111 Å². The van der Waals surface area contributed by atoms with Crippen LogP contribution in [0.15, 0.2) is 35.3 Å². The minimum Gasteiger partial charge on any atom is -0.481 e. The third-order valence-corrected chi connectivity index (χ3v) is 17.6. The maximum Gasteiger partial charge on any atom is 0.327 e. The molecule has 0 bridgehead atoms.